The number of hydrogen-bond donors (Lipinski definition) is 1. The minimum absolute atomic E-state index is 0.0474. The van der Waals surface area contributed by atoms with Gasteiger partial charge in [0.05, 0.1) is 24.2 Å². The molecule has 1 aliphatic carbocycles. The predicted molar refractivity (Wildman–Crippen MR) is 76.3 cm³/mol. The lowest BCUT2D eigenvalue weighted by molar-refractivity contribution is -0.385. The van der Waals surface area contributed by atoms with Gasteiger partial charge in [0, 0.05) is 24.9 Å². The first-order valence-electron chi connectivity index (χ1n) is 6.78. The Morgan fingerprint density at radius 3 is 2.70 bits per heavy atom. The topological polar surface area (TPSA) is 75.8 Å². The highest BCUT2D eigenvalue weighted by Crippen LogP contribution is 2.33. The van der Waals surface area contributed by atoms with Crippen LogP contribution < -0.4 is 9.64 Å². The lowest BCUT2D eigenvalue weighted by atomic mass is 9.91. The number of methoxy groups -OCH3 is 1. The number of aliphatic hydroxyl groups is 1. The van der Waals surface area contributed by atoms with E-state index < -0.39 is 4.92 Å². The van der Waals surface area contributed by atoms with Crippen LogP contribution in [0.15, 0.2) is 18.2 Å². The van der Waals surface area contributed by atoms with Crippen LogP contribution in [0, 0.1) is 10.1 Å². The fraction of sp³-hybridized carbons (Fsp3) is 0.571. The zero-order valence-corrected chi connectivity index (χ0v) is 11.8. The van der Waals surface area contributed by atoms with Crippen molar-refractivity contribution >= 4 is 11.4 Å². The molecule has 0 saturated heterocycles. The molecule has 2 atom stereocenters. The Morgan fingerprint density at radius 2 is 2.10 bits per heavy atom. The fourth-order valence-corrected chi connectivity index (χ4v) is 2.77. The molecule has 1 saturated carbocycles. The average molecular weight is 280 g/mol. The number of anilines is 1. The van der Waals surface area contributed by atoms with Gasteiger partial charge in [0.15, 0.2) is 5.75 Å². The Bertz CT molecular complexity index is 492. The van der Waals surface area contributed by atoms with E-state index >= 15 is 0 Å². The maximum atomic E-state index is 10.9. The highest BCUT2D eigenvalue weighted by atomic mass is 16.6. The van der Waals surface area contributed by atoms with E-state index in [-0.39, 0.29) is 23.6 Å². The van der Waals surface area contributed by atoms with E-state index in [1.54, 1.807) is 12.1 Å². The van der Waals surface area contributed by atoms with Gasteiger partial charge in [-0.05, 0) is 18.9 Å². The van der Waals surface area contributed by atoms with E-state index in [2.05, 4.69) is 0 Å². The molecule has 2 rings (SSSR count). The van der Waals surface area contributed by atoms with Gasteiger partial charge in [-0.15, -0.1) is 0 Å². The van der Waals surface area contributed by atoms with Gasteiger partial charge in [-0.25, -0.2) is 0 Å². The van der Waals surface area contributed by atoms with Crippen LogP contribution in [-0.2, 0) is 0 Å². The summed E-state index contributed by atoms with van der Waals surface area (Å²) < 4.78 is 5.08. The van der Waals surface area contributed by atoms with Crippen molar-refractivity contribution in [3.05, 3.63) is 28.3 Å². The highest BCUT2D eigenvalue weighted by molar-refractivity contribution is 5.59. The lowest BCUT2D eigenvalue weighted by Gasteiger charge is -2.36. The molecule has 1 aliphatic rings. The summed E-state index contributed by atoms with van der Waals surface area (Å²) in [5.41, 5.74) is 0.771. The van der Waals surface area contributed by atoms with Crippen molar-refractivity contribution in [1.29, 1.82) is 0 Å². The summed E-state index contributed by atoms with van der Waals surface area (Å²) in [5, 5.41) is 21.0. The van der Waals surface area contributed by atoms with Crippen molar-refractivity contribution in [3.8, 4) is 5.75 Å². The third-order valence-electron chi connectivity index (χ3n) is 3.96. The quantitative estimate of drug-likeness (QED) is 0.676. The zero-order valence-electron chi connectivity index (χ0n) is 11.8. The summed E-state index contributed by atoms with van der Waals surface area (Å²) in [4.78, 5) is 12.4. The van der Waals surface area contributed by atoms with Gasteiger partial charge >= 0.3 is 5.69 Å². The van der Waals surface area contributed by atoms with Gasteiger partial charge in [-0.1, -0.05) is 12.8 Å². The second kappa shape index (κ2) is 6.09. The fourth-order valence-electron chi connectivity index (χ4n) is 2.77. The van der Waals surface area contributed by atoms with E-state index in [0.717, 1.165) is 31.4 Å². The second-order valence-electron chi connectivity index (χ2n) is 5.14. The third-order valence-corrected chi connectivity index (χ3v) is 3.96. The molecule has 0 aliphatic heterocycles. The number of hydrogen-bond acceptors (Lipinski definition) is 5. The normalized spacial score (nSPS) is 22.4. The first-order valence-corrected chi connectivity index (χ1v) is 6.78. The molecule has 6 nitrogen and oxygen atoms in total. The molecular weight excluding hydrogens is 260 g/mol. The van der Waals surface area contributed by atoms with Crippen LogP contribution in [0.1, 0.15) is 25.7 Å². The van der Waals surface area contributed by atoms with Gasteiger partial charge in [0.2, 0.25) is 0 Å². The van der Waals surface area contributed by atoms with Gasteiger partial charge in [0.25, 0.3) is 0 Å². The largest absolute Gasteiger partial charge is 0.490 e. The van der Waals surface area contributed by atoms with Crippen molar-refractivity contribution in [2.75, 3.05) is 19.1 Å². The van der Waals surface area contributed by atoms with Crippen LogP contribution >= 0.6 is 0 Å². The molecular formula is C14H20N2O4. The van der Waals surface area contributed by atoms with Crippen LogP contribution in [0.25, 0.3) is 0 Å². The van der Waals surface area contributed by atoms with E-state index in [4.69, 9.17) is 4.74 Å². The maximum Gasteiger partial charge on any atom is 0.311 e. The highest BCUT2D eigenvalue weighted by Gasteiger charge is 2.27. The van der Waals surface area contributed by atoms with Crippen molar-refractivity contribution < 1.29 is 14.8 Å². The van der Waals surface area contributed by atoms with Crippen LogP contribution in [-0.4, -0.2) is 36.3 Å². The molecule has 0 amide bonds. The van der Waals surface area contributed by atoms with E-state index in [1.165, 1.54) is 13.2 Å². The minimum Gasteiger partial charge on any atom is -0.490 e. The number of nitro groups is 1. The van der Waals surface area contributed by atoms with Crippen molar-refractivity contribution in [2.45, 2.75) is 37.8 Å². The number of ether oxygens (including phenoxy) is 1. The number of nitrogens with zero attached hydrogens (tertiary/aromatic N) is 2. The number of aliphatic hydroxyl groups excluding tert-OH is 1. The lowest BCUT2D eigenvalue weighted by Crippen LogP contribution is -2.43. The monoisotopic (exact) mass is 280 g/mol. The SMILES string of the molecule is COc1cc(N(C)[C@@H]2CCCC[C@H]2O)ccc1[N+](=O)[O-]. The average Bonchev–Trinajstić information content (AvgIpc) is 2.46. The summed E-state index contributed by atoms with van der Waals surface area (Å²) in [6, 6.07) is 4.84. The standard InChI is InChI=1S/C14H20N2O4/c1-15(11-5-3-4-6-13(11)17)10-7-8-12(16(18)19)14(9-10)20-2/h7-9,11,13,17H,3-6H2,1-2H3/t11-,13-/m1/s1. The maximum absolute atomic E-state index is 10.9. The zero-order chi connectivity index (χ0) is 14.7. The predicted octanol–water partition coefficient (Wildman–Crippen LogP) is 2.34. The molecule has 1 aromatic carbocycles. The summed E-state index contributed by atoms with van der Waals surface area (Å²) in [7, 11) is 3.32. The summed E-state index contributed by atoms with van der Waals surface area (Å²) in [6.45, 7) is 0. The van der Waals surface area contributed by atoms with Gasteiger partial charge in [-0.2, -0.15) is 0 Å². The molecule has 110 valence electrons. The Hall–Kier alpha value is -1.82. The molecule has 0 bridgehead atoms. The van der Waals surface area contributed by atoms with Crippen LogP contribution in [0.3, 0.4) is 0 Å². The summed E-state index contributed by atoms with van der Waals surface area (Å²) in [5.74, 6) is 0.240. The first-order chi connectivity index (χ1) is 9.54. The number of likely N-dealkylation sites (N-methyl/N-ethyl adjacent to an activating group) is 1. The van der Waals surface area contributed by atoms with Gasteiger partial charge in [0.1, 0.15) is 0 Å². The van der Waals surface area contributed by atoms with E-state index in [0.29, 0.717) is 0 Å². The Kier molecular flexibility index (Phi) is 4.44. The first kappa shape index (κ1) is 14.6. The number of benzene rings is 1. The molecule has 1 fully saturated rings. The molecule has 0 radical (unpaired) electrons. The smallest absolute Gasteiger partial charge is 0.311 e. The van der Waals surface area contributed by atoms with Gasteiger partial charge in [-0.3, -0.25) is 10.1 Å². The molecule has 0 heterocycles. The Labute approximate surface area is 118 Å². The number of rotatable bonds is 4. The van der Waals surface area contributed by atoms with Crippen molar-refractivity contribution in [2.24, 2.45) is 0 Å². The Balaban J connectivity index is 2.25. The molecule has 1 N–H and O–H groups in total. The molecule has 6 heteroatoms. The van der Waals surface area contributed by atoms with Crippen molar-refractivity contribution in [1.82, 2.24) is 0 Å². The van der Waals surface area contributed by atoms with Crippen LogP contribution in [0.4, 0.5) is 11.4 Å². The van der Waals surface area contributed by atoms with Crippen molar-refractivity contribution in [3.63, 3.8) is 0 Å². The molecule has 20 heavy (non-hydrogen) atoms. The molecule has 0 unspecified atom stereocenters. The van der Waals surface area contributed by atoms with E-state index in [1.807, 2.05) is 11.9 Å². The summed E-state index contributed by atoms with van der Waals surface area (Å²) >= 11 is 0. The molecule has 0 aromatic heterocycles. The van der Waals surface area contributed by atoms with Crippen LogP contribution in [0.2, 0.25) is 0 Å². The minimum atomic E-state index is -0.460. The van der Waals surface area contributed by atoms with Crippen LogP contribution in [0.5, 0.6) is 5.75 Å². The number of nitro benzene ring substituents is 1. The third kappa shape index (κ3) is 2.85. The summed E-state index contributed by atoms with van der Waals surface area (Å²) in [6.07, 6.45) is 3.52. The second-order valence-corrected chi connectivity index (χ2v) is 5.14. The van der Waals surface area contributed by atoms with Gasteiger partial charge < -0.3 is 14.7 Å². The van der Waals surface area contributed by atoms with E-state index in [9.17, 15) is 15.2 Å². The molecule has 1 aromatic rings. The molecule has 0 spiro atoms. The Morgan fingerprint density at radius 1 is 1.40 bits per heavy atom.